The van der Waals surface area contributed by atoms with Gasteiger partial charge in [0.2, 0.25) is 5.91 Å². The van der Waals surface area contributed by atoms with Crippen LogP contribution in [0.4, 0.5) is 0 Å². The van der Waals surface area contributed by atoms with Gasteiger partial charge in [-0.25, -0.2) is 0 Å². The maximum absolute atomic E-state index is 12.6. The average molecular weight is 354 g/mol. The maximum Gasteiger partial charge on any atom is 0.307 e. The number of likely N-dealkylation sites (tertiary alicyclic amines) is 1. The Balaban J connectivity index is 1.63. The molecule has 0 bridgehead atoms. The fourth-order valence-electron chi connectivity index (χ4n) is 3.26. The summed E-state index contributed by atoms with van der Waals surface area (Å²) < 4.78 is 0. The molecule has 0 unspecified atom stereocenters. The number of amides is 1. The largest absolute Gasteiger partial charge is 0.481 e. The van der Waals surface area contributed by atoms with Crippen molar-refractivity contribution in [3.63, 3.8) is 0 Å². The number of carboxylic acids is 1. The van der Waals surface area contributed by atoms with E-state index in [2.05, 4.69) is 15.3 Å². The lowest BCUT2D eigenvalue weighted by Crippen LogP contribution is -2.47. The molecular formula is C19H22N4O3. The lowest BCUT2D eigenvalue weighted by atomic mass is 9.88. The molecular weight excluding hydrogens is 332 g/mol. The van der Waals surface area contributed by atoms with Crippen molar-refractivity contribution in [2.75, 3.05) is 13.1 Å². The summed E-state index contributed by atoms with van der Waals surface area (Å²) in [6.07, 6.45) is 5.50. The number of hydrogen-bond acceptors (Lipinski definition) is 5. The molecule has 0 aromatic carbocycles. The minimum Gasteiger partial charge on any atom is -0.481 e. The molecule has 136 valence electrons. The highest BCUT2D eigenvalue weighted by Gasteiger charge is 2.35. The normalized spacial score (nSPS) is 20.5. The second kappa shape index (κ2) is 8.53. The van der Waals surface area contributed by atoms with Crippen LogP contribution in [0.1, 0.15) is 17.7 Å². The molecule has 1 saturated heterocycles. The van der Waals surface area contributed by atoms with Gasteiger partial charge in [-0.3, -0.25) is 24.5 Å². The fourth-order valence-corrected chi connectivity index (χ4v) is 3.26. The minimum atomic E-state index is -0.858. The van der Waals surface area contributed by atoms with Crippen LogP contribution in [0.15, 0.2) is 48.9 Å². The standard InChI is InChI=1S/C19H22N4O3/c24-18(22-10-17-5-1-2-7-21-17)15-8-16(19(25)26)13-23(12-15)11-14-4-3-6-20-9-14/h1-7,9,15-16H,8,10-13H2,(H,22,24)(H,25,26)/t15-,16+/m1/s1. The van der Waals surface area contributed by atoms with Gasteiger partial charge >= 0.3 is 5.97 Å². The van der Waals surface area contributed by atoms with Crippen LogP contribution >= 0.6 is 0 Å². The summed E-state index contributed by atoms with van der Waals surface area (Å²) in [6, 6.07) is 9.33. The van der Waals surface area contributed by atoms with Crippen molar-refractivity contribution in [3.8, 4) is 0 Å². The molecule has 0 aliphatic carbocycles. The van der Waals surface area contributed by atoms with Gasteiger partial charge in [0.15, 0.2) is 0 Å². The molecule has 2 aromatic rings. The van der Waals surface area contributed by atoms with E-state index in [-0.39, 0.29) is 11.8 Å². The molecule has 3 rings (SSSR count). The van der Waals surface area contributed by atoms with Gasteiger partial charge < -0.3 is 10.4 Å². The zero-order chi connectivity index (χ0) is 18.4. The zero-order valence-corrected chi connectivity index (χ0v) is 14.4. The van der Waals surface area contributed by atoms with Gasteiger partial charge in [0.05, 0.1) is 24.1 Å². The first kappa shape index (κ1) is 18.0. The lowest BCUT2D eigenvalue weighted by molar-refractivity contribution is -0.145. The third kappa shape index (κ3) is 4.86. The van der Waals surface area contributed by atoms with Gasteiger partial charge in [0.25, 0.3) is 0 Å². The second-order valence-electron chi connectivity index (χ2n) is 6.56. The molecule has 1 aliphatic heterocycles. The average Bonchev–Trinajstić information content (AvgIpc) is 2.67. The van der Waals surface area contributed by atoms with Crippen molar-refractivity contribution in [3.05, 3.63) is 60.2 Å². The van der Waals surface area contributed by atoms with E-state index in [4.69, 9.17) is 0 Å². The van der Waals surface area contributed by atoms with Crippen LogP contribution in [0.25, 0.3) is 0 Å². The van der Waals surface area contributed by atoms with Crippen LogP contribution in [0.2, 0.25) is 0 Å². The van der Waals surface area contributed by atoms with Gasteiger partial charge in [0.1, 0.15) is 0 Å². The summed E-state index contributed by atoms with van der Waals surface area (Å²) in [5.41, 5.74) is 1.78. The number of aromatic nitrogens is 2. The number of pyridine rings is 2. The highest BCUT2D eigenvalue weighted by molar-refractivity contribution is 5.80. The van der Waals surface area contributed by atoms with Gasteiger partial charge in [-0.1, -0.05) is 12.1 Å². The Hall–Kier alpha value is -2.80. The Morgan fingerprint density at radius 3 is 2.69 bits per heavy atom. The van der Waals surface area contributed by atoms with E-state index in [1.54, 1.807) is 18.6 Å². The summed E-state index contributed by atoms with van der Waals surface area (Å²) >= 11 is 0. The smallest absolute Gasteiger partial charge is 0.307 e. The zero-order valence-electron chi connectivity index (χ0n) is 14.4. The molecule has 7 heteroatoms. The van der Waals surface area contributed by atoms with Crippen LogP contribution in [0.5, 0.6) is 0 Å². The van der Waals surface area contributed by atoms with Gasteiger partial charge in [-0.2, -0.15) is 0 Å². The Labute approximate surface area is 152 Å². The molecule has 0 radical (unpaired) electrons. The summed E-state index contributed by atoms with van der Waals surface area (Å²) in [5.74, 6) is -1.89. The Kier molecular flexibility index (Phi) is 5.91. The van der Waals surface area contributed by atoms with Crippen LogP contribution in [0.3, 0.4) is 0 Å². The topological polar surface area (TPSA) is 95.4 Å². The van der Waals surface area contributed by atoms with Crippen LogP contribution in [-0.2, 0) is 22.7 Å². The van der Waals surface area contributed by atoms with E-state index in [9.17, 15) is 14.7 Å². The number of hydrogen-bond donors (Lipinski definition) is 2. The van der Waals surface area contributed by atoms with Crippen molar-refractivity contribution in [1.82, 2.24) is 20.2 Å². The molecule has 2 atom stereocenters. The number of piperidine rings is 1. The van der Waals surface area contributed by atoms with E-state index in [1.807, 2.05) is 35.2 Å². The number of nitrogens with one attached hydrogen (secondary N) is 1. The quantitative estimate of drug-likeness (QED) is 0.812. The summed E-state index contributed by atoms with van der Waals surface area (Å²) in [6.45, 7) is 1.90. The van der Waals surface area contributed by atoms with Crippen LogP contribution in [0, 0.1) is 11.8 Å². The molecule has 0 saturated carbocycles. The minimum absolute atomic E-state index is 0.127. The summed E-state index contributed by atoms with van der Waals surface area (Å²) in [4.78, 5) is 34.4. The molecule has 1 amide bonds. The fraction of sp³-hybridized carbons (Fsp3) is 0.368. The number of aliphatic carboxylic acids is 1. The van der Waals surface area contributed by atoms with Crippen LogP contribution in [-0.4, -0.2) is 44.9 Å². The number of rotatable bonds is 6. The molecule has 0 spiro atoms. The van der Waals surface area contributed by atoms with Gasteiger partial charge in [-0.15, -0.1) is 0 Å². The molecule has 1 fully saturated rings. The molecule has 2 N–H and O–H groups in total. The van der Waals surface area contributed by atoms with Gasteiger partial charge in [0, 0.05) is 38.2 Å². The van der Waals surface area contributed by atoms with Crippen molar-refractivity contribution < 1.29 is 14.7 Å². The summed E-state index contributed by atoms with van der Waals surface area (Å²) in [7, 11) is 0. The highest BCUT2D eigenvalue weighted by Crippen LogP contribution is 2.24. The van der Waals surface area contributed by atoms with E-state index in [0.29, 0.717) is 32.6 Å². The number of nitrogens with zero attached hydrogens (tertiary/aromatic N) is 3. The molecule has 26 heavy (non-hydrogen) atoms. The Morgan fingerprint density at radius 1 is 1.15 bits per heavy atom. The third-order valence-corrected chi connectivity index (χ3v) is 4.55. The Bertz CT molecular complexity index is 739. The monoisotopic (exact) mass is 354 g/mol. The Morgan fingerprint density at radius 2 is 2.00 bits per heavy atom. The van der Waals surface area contributed by atoms with Gasteiger partial charge in [-0.05, 0) is 30.2 Å². The van der Waals surface area contributed by atoms with E-state index in [1.165, 1.54) is 0 Å². The lowest BCUT2D eigenvalue weighted by Gasteiger charge is -2.35. The van der Waals surface area contributed by atoms with Crippen molar-refractivity contribution >= 4 is 11.9 Å². The van der Waals surface area contributed by atoms with E-state index >= 15 is 0 Å². The predicted molar refractivity (Wildman–Crippen MR) is 94.8 cm³/mol. The first-order valence-electron chi connectivity index (χ1n) is 8.63. The SMILES string of the molecule is O=C(O)[C@H]1C[C@@H](C(=O)NCc2ccccn2)CN(Cc2cccnc2)C1. The first-order valence-corrected chi connectivity index (χ1v) is 8.63. The third-order valence-electron chi connectivity index (χ3n) is 4.55. The number of carboxylic acid groups (broad SMARTS) is 1. The van der Waals surface area contributed by atoms with Crippen LogP contribution < -0.4 is 5.32 Å². The maximum atomic E-state index is 12.6. The predicted octanol–water partition coefficient (Wildman–Crippen LogP) is 1.32. The molecule has 1 aliphatic rings. The first-order chi connectivity index (χ1) is 12.6. The highest BCUT2D eigenvalue weighted by atomic mass is 16.4. The number of carbonyl (C=O) groups excluding carboxylic acids is 1. The van der Waals surface area contributed by atoms with E-state index in [0.717, 1.165) is 11.3 Å². The van der Waals surface area contributed by atoms with Crippen molar-refractivity contribution in [2.24, 2.45) is 11.8 Å². The van der Waals surface area contributed by atoms with Crippen molar-refractivity contribution in [1.29, 1.82) is 0 Å². The molecule has 2 aromatic heterocycles. The molecule has 3 heterocycles. The molecule has 7 nitrogen and oxygen atoms in total. The summed E-state index contributed by atoms with van der Waals surface area (Å²) in [5, 5.41) is 12.3. The van der Waals surface area contributed by atoms with Crippen molar-refractivity contribution in [2.45, 2.75) is 19.5 Å². The number of carbonyl (C=O) groups is 2. The second-order valence-corrected chi connectivity index (χ2v) is 6.56. The van der Waals surface area contributed by atoms with E-state index < -0.39 is 11.9 Å².